The molecule has 1 fully saturated rings. The highest BCUT2D eigenvalue weighted by atomic mass is 19.1. The van der Waals surface area contributed by atoms with Crippen molar-refractivity contribution >= 4 is 34.9 Å². The second-order valence-electron chi connectivity index (χ2n) is 8.39. The van der Waals surface area contributed by atoms with Gasteiger partial charge in [-0.1, -0.05) is 30.3 Å². The Balaban J connectivity index is 1.51. The van der Waals surface area contributed by atoms with Gasteiger partial charge in [0.2, 0.25) is 11.8 Å². The largest absolute Gasteiger partial charge is 0.356 e. The van der Waals surface area contributed by atoms with Crippen LogP contribution < -0.4 is 16.0 Å². The Kier molecular flexibility index (Phi) is 7.01. The van der Waals surface area contributed by atoms with Crippen molar-refractivity contribution in [2.24, 2.45) is 5.92 Å². The summed E-state index contributed by atoms with van der Waals surface area (Å²) in [7, 11) is 0. The summed E-state index contributed by atoms with van der Waals surface area (Å²) in [5.74, 6) is -2.07. The first-order valence-electron chi connectivity index (χ1n) is 11.1. The van der Waals surface area contributed by atoms with E-state index in [0.717, 1.165) is 10.9 Å². The van der Waals surface area contributed by atoms with E-state index >= 15 is 0 Å². The molecule has 3 unspecified atom stereocenters. The summed E-state index contributed by atoms with van der Waals surface area (Å²) in [6, 6.07) is 12.8. The lowest BCUT2D eigenvalue weighted by Gasteiger charge is -2.22. The number of hydrogen-bond acceptors (Lipinski definition) is 4. The number of aldehydes is 1. The molecular weight excluding hydrogens is 439 g/mol. The fourth-order valence-corrected chi connectivity index (χ4v) is 4.15. The van der Waals surface area contributed by atoms with Crippen LogP contribution in [0.2, 0.25) is 0 Å². The van der Waals surface area contributed by atoms with Crippen LogP contribution in [-0.4, -0.2) is 47.6 Å². The summed E-state index contributed by atoms with van der Waals surface area (Å²) in [5.41, 5.74) is 1.55. The van der Waals surface area contributed by atoms with Crippen molar-refractivity contribution in [1.82, 2.24) is 20.9 Å². The van der Waals surface area contributed by atoms with Crippen LogP contribution in [0.1, 0.15) is 28.9 Å². The molecule has 0 bridgehead atoms. The third-order valence-electron chi connectivity index (χ3n) is 5.92. The Bertz CT molecular complexity index is 1190. The number of hydrogen-bond donors (Lipinski definition) is 4. The summed E-state index contributed by atoms with van der Waals surface area (Å²) >= 11 is 0. The minimum atomic E-state index is -1.07. The zero-order valence-corrected chi connectivity index (χ0v) is 18.3. The first-order valence-corrected chi connectivity index (χ1v) is 11.1. The van der Waals surface area contributed by atoms with Crippen molar-refractivity contribution in [3.8, 4) is 0 Å². The first kappa shape index (κ1) is 23.2. The van der Waals surface area contributed by atoms with Crippen molar-refractivity contribution in [1.29, 1.82) is 0 Å². The van der Waals surface area contributed by atoms with E-state index < -0.39 is 29.7 Å². The number of carbonyl (C=O) groups excluding carboxylic acids is 4. The number of amides is 3. The molecule has 3 aromatic rings. The van der Waals surface area contributed by atoms with E-state index in [4.69, 9.17) is 0 Å². The molecule has 2 aromatic carbocycles. The molecule has 3 amide bonds. The van der Waals surface area contributed by atoms with Gasteiger partial charge in [-0.15, -0.1) is 0 Å². The second-order valence-corrected chi connectivity index (χ2v) is 8.39. The van der Waals surface area contributed by atoms with Gasteiger partial charge in [-0.05, 0) is 42.7 Å². The van der Waals surface area contributed by atoms with E-state index in [1.807, 2.05) is 24.3 Å². The smallest absolute Gasteiger partial charge is 0.268 e. The van der Waals surface area contributed by atoms with Gasteiger partial charge in [0, 0.05) is 29.8 Å². The van der Waals surface area contributed by atoms with Crippen LogP contribution in [0.4, 0.5) is 4.39 Å². The quantitative estimate of drug-likeness (QED) is 0.361. The predicted molar refractivity (Wildman–Crippen MR) is 123 cm³/mol. The molecule has 3 atom stereocenters. The molecule has 0 saturated carbocycles. The van der Waals surface area contributed by atoms with Crippen LogP contribution in [0.5, 0.6) is 0 Å². The lowest BCUT2D eigenvalue weighted by Crippen LogP contribution is -2.51. The number of halogens is 1. The molecule has 1 aromatic heterocycles. The molecule has 176 valence electrons. The SMILES string of the molecule is O=CC(CC1CCNC1=O)NC(=O)C(Cc1cccc(F)c1)NC(=O)c1cc2ccccc2[nH]1. The average Bonchev–Trinajstić information content (AvgIpc) is 3.44. The Morgan fingerprint density at radius 2 is 1.94 bits per heavy atom. The topological polar surface area (TPSA) is 120 Å². The van der Waals surface area contributed by atoms with Crippen LogP contribution in [0.15, 0.2) is 54.6 Å². The molecule has 2 heterocycles. The maximum atomic E-state index is 13.7. The van der Waals surface area contributed by atoms with Gasteiger partial charge in [-0.3, -0.25) is 14.4 Å². The van der Waals surface area contributed by atoms with Gasteiger partial charge in [0.25, 0.3) is 5.91 Å². The number of nitrogens with one attached hydrogen (secondary N) is 4. The molecule has 8 nitrogen and oxygen atoms in total. The third-order valence-corrected chi connectivity index (χ3v) is 5.92. The van der Waals surface area contributed by atoms with Crippen LogP contribution in [-0.2, 0) is 20.8 Å². The summed E-state index contributed by atoms with van der Waals surface area (Å²) in [6.45, 7) is 0.534. The van der Waals surface area contributed by atoms with E-state index in [1.54, 1.807) is 12.1 Å². The fourth-order valence-electron chi connectivity index (χ4n) is 4.15. The zero-order valence-electron chi connectivity index (χ0n) is 18.3. The van der Waals surface area contributed by atoms with E-state index in [2.05, 4.69) is 20.9 Å². The van der Waals surface area contributed by atoms with Crippen LogP contribution in [0, 0.1) is 11.7 Å². The average molecular weight is 464 g/mol. The third kappa shape index (κ3) is 5.48. The van der Waals surface area contributed by atoms with Crippen molar-refractivity contribution < 1.29 is 23.6 Å². The fraction of sp³-hybridized carbons (Fsp3) is 0.280. The van der Waals surface area contributed by atoms with E-state index in [0.29, 0.717) is 24.8 Å². The predicted octanol–water partition coefficient (Wildman–Crippen LogP) is 1.86. The summed E-state index contributed by atoms with van der Waals surface area (Å²) in [6.07, 6.45) is 1.36. The normalized spacial score (nSPS) is 17.1. The molecule has 9 heteroatoms. The molecule has 4 N–H and O–H groups in total. The van der Waals surface area contributed by atoms with Gasteiger partial charge in [0.05, 0.1) is 6.04 Å². The summed E-state index contributed by atoms with van der Waals surface area (Å²) < 4.78 is 13.7. The maximum Gasteiger partial charge on any atom is 0.268 e. The highest BCUT2D eigenvalue weighted by molar-refractivity contribution is 6.00. The Hall–Kier alpha value is -4.01. The molecule has 0 spiro atoms. The van der Waals surface area contributed by atoms with Gasteiger partial charge in [-0.2, -0.15) is 0 Å². The lowest BCUT2D eigenvalue weighted by molar-refractivity contribution is -0.127. The number of carbonyl (C=O) groups is 4. The molecule has 0 aliphatic carbocycles. The number of fused-ring (bicyclic) bond motifs is 1. The maximum absolute atomic E-state index is 13.7. The molecule has 0 radical (unpaired) electrons. The Morgan fingerprint density at radius 3 is 2.65 bits per heavy atom. The molecule has 1 aliphatic rings. The second kappa shape index (κ2) is 10.3. The molecule has 4 rings (SSSR count). The van der Waals surface area contributed by atoms with Gasteiger partial charge in [0.1, 0.15) is 23.8 Å². The van der Waals surface area contributed by atoms with Gasteiger partial charge in [-0.25, -0.2) is 4.39 Å². The Morgan fingerprint density at radius 1 is 1.12 bits per heavy atom. The Labute approximate surface area is 195 Å². The zero-order chi connectivity index (χ0) is 24.1. The molecular formula is C25H25FN4O4. The van der Waals surface area contributed by atoms with Crippen LogP contribution in [0.3, 0.4) is 0 Å². The number of H-pyrrole nitrogens is 1. The molecule has 1 aliphatic heterocycles. The highest BCUT2D eigenvalue weighted by Gasteiger charge is 2.30. The minimum absolute atomic E-state index is 0.0189. The summed E-state index contributed by atoms with van der Waals surface area (Å²) in [5, 5.41) is 8.87. The van der Waals surface area contributed by atoms with Crippen molar-refractivity contribution in [2.75, 3.05) is 6.54 Å². The number of aromatic amines is 1. The number of aromatic nitrogens is 1. The van der Waals surface area contributed by atoms with Gasteiger partial charge in [0.15, 0.2) is 0 Å². The van der Waals surface area contributed by atoms with Crippen molar-refractivity contribution in [2.45, 2.75) is 31.3 Å². The molecule has 34 heavy (non-hydrogen) atoms. The van der Waals surface area contributed by atoms with Crippen LogP contribution in [0.25, 0.3) is 10.9 Å². The highest BCUT2D eigenvalue weighted by Crippen LogP contribution is 2.17. The number of para-hydroxylation sites is 1. The lowest BCUT2D eigenvalue weighted by atomic mass is 9.98. The first-order chi connectivity index (χ1) is 16.4. The van der Waals surface area contributed by atoms with Gasteiger partial charge < -0.3 is 25.7 Å². The number of rotatable bonds is 9. The monoisotopic (exact) mass is 464 g/mol. The minimum Gasteiger partial charge on any atom is -0.356 e. The van der Waals surface area contributed by atoms with Crippen molar-refractivity contribution in [3.05, 3.63) is 71.7 Å². The van der Waals surface area contributed by atoms with Crippen molar-refractivity contribution in [3.63, 3.8) is 0 Å². The van der Waals surface area contributed by atoms with E-state index in [9.17, 15) is 23.6 Å². The van der Waals surface area contributed by atoms with E-state index in [1.165, 1.54) is 18.2 Å². The summed E-state index contributed by atoms with van der Waals surface area (Å²) in [4.78, 5) is 52.5. The number of benzene rings is 2. The van der Waals surface area contributed by atoms with Gasteiger partial charge >= 0.3 is 0 Å². The standard InChI is InChI=1S/C25H25FN4O4/c26-18-6-3-4-15(10-18)11-21(24(33)28-19(14-31)12-17-8-9-27-23(17)32)30-25(34)22-13-16-5-1-2-7-20(16)29-22/h1-7,10,13-14,17,19,21,29H,8-9,11-12H2,(H,27,32)(H,28,33)(H,30,34). The molecule has 1 saturated heterocycles. The van der Waals surface area contributed by atoms with Crippen LogP contribution >= 0.6 is 0 Å². The van der Waals surface area contributed by atoms with E-state index in [-0.39, 0.29) is 30.4 Å².